The third kappa shape index (κ3) is 3.09. The molecule has 1 saturated carbocycles. The summed E-state index contributed by atoms with van der Waals surface area (Å²) in [6.45, 7) is 3.06. The molecule has 0 bridgehead atoms. The van der Waals surface area contributed by atoms with Crippen LogP contribution in [0.15, 0.2) is 16.8 Å². The van der Waals surface area contributed by atoms with Crippen LogP contribution >= 0.6 is 11.3 Å². The van der Waals surface area contributed by atoms with Crippen LogP contribution < -0.4 is 5.32 Å². The summed E-state index contributed by atoms with van der Waals surface area (Å²) in [5.74, 6) is 0. The Labute approximate surface area is 107 Å². The molecule has 94 valence electrons. The second kappa shape index (κ2) is 5.09. The van der Waals surface area contributed by atoms with Gasteiger partial charge in [0.2, 0.25) is 0 Å². The molecule has 0 amide bonds. The van der Waals surface area contributed by atoms with Crippen LogP contribution in [0.2, 0.25) is 0 Å². The molecule has 0 spiro atoms. The molecule has 1 aliphatic heterocycles. The van der Waals surface area contributed by atoms with Crippen molar-refractivity contribution in [3.05, 3.63) is 22.4 Å². The molecule has 2 aliphatic rings. The smallest absolute Gasteiger partial charge is 0.0471 e. The molecule has 17 heavy (non-hydrogen) atoms. The van der Waals surface area contributed by atoms with Crippen molar-refractivity contribution in [2.45, 2.75) is 38.1 Å². The van der Waals surface area contributed by atoms with Gasteiger partial charge in [0.25, 0.3) is 0 Å². The van der Waals surface area contributed by atoms with Gasteiger partial charge in [-0.05, 0) is 59.9 Å². The van der Waals surface area contributed by atoms with E-state index in [9.17, 15) is 0 Å². The number of ether oxygens (including phenoxy) is 1. The third-order valence-corrected chi connectivity index (χ3v) is 4.79. The molecule has 0 aromatic carbocycles. The summed E-state index contributed by atoms with van der Waals surface area (Å²) in [6, 6.07) is 3.09. The monoisotopic (exact) mass is 251 g/mol. The minimum Gasteiger partial charge on any atom is -0.381 e. The summed E-state index contributed by atoms with van der Waals surface area (Å²) in [4.78, 5) is 0. The summed E-state index contributed by atoms with van der Waals surface area (Å²) in [5, 5.41) is 8.22. The first kappa shape index (κ1) is 11.7. The Bertz CT molecular complexity index is 339. The molecule has 0 radical (unpaired) electrons. The highest BCUT2D eigenvalue weighted by atomic mass is 32.1. The first-order valence-corrected chi connectivity index (χ1v) is 7.63. The fourth-order valence-corrected chi connectivity index (χ4v) is 3.36. The molecule has 1 N–H and O–H groups in total. The van der Waals surface area contributed by atoms with Gasteiger partial charge in [-0.15, -0.1) is 0 Å². The van der Waals surface area contributed by atoms with Crippen LogP contribution in [0.1, 0.15) is 31.2 Å². The van der Waals surface area contributed by atoms with Gasteiger partial charge < -0.3 is 10.1 Å². The summed E-state index contributed by atoms with van der Waals surface area (Å²) >= 11 is 1.81. The second-order valence-electron chi connectivity index (χ2n) is 5.58. The van der Waals surface area contributed by atoms with E-state index in [1.54, 1.807) is 0 Å². The number of thiophene rings is 1. The molecular formula is C14H21NOS. The molecule has 0 atom stereocenters. The molecule has 1 aromatic heterocycles. The van der Waals surface area contributed by atoms with Gasteiger partial charge in [-0.25, -0.2) is 0 Å². The lowest BCUT2D eigenvalue weighted by molar-refractivity contribution is 0.0148. The van der Waals surface area contributed by atoms with Crippen molar-refractivity contribution in [1.29, 1.82) is 0 Å². The molecule has 1 saturated heterocycles. The highest BCUT2D eigenvalue weighted by molar-refractivity contribution is 7.07. The molecule has 3 rings (SSSR count). The van der Waals surface area contributed by atoms with Crippen molar-refractivity contribution in [3.8, 4) is 0 Å². The SMILES string of the molecule is c1cc(CC2(CNC3CC3)CCOCC2)cs1. The molecule has 2 fully saturated rings. The minimum atomic E-state index is 0.446. The number of hydrogen-bond acceptors (Lipinski definition) is 3. The normalized spacial score (nSPS) is 23.8. The Morgan fingerprint density at radius 1 is 1.35 bits per heavy atom. The van der Waals surface area contributed by atoms with Gasteiger partial charge in [-0.3, -0.25) is 0 Å². The summed E-state index contributed by atoms with van der Waals surface area (Å²) in [7, 11) is 0. The van der Waals surface area contributed by atoms with Gasteiger partial charge in [-0.2, -0.15) is 11.3 Å². The van der Waals surface area contributed by atoms with Gasteiger partial charge in [0, 0.05) is 25.8 Å². The van der Waals surface area contributed by atoms with Gasteiger partial charge in [-0.1, -0.05) is 0 Å². The molecule has 1 aliphatic carbocycles. The molecule has 1 aromatic rings. The van der Waals surface area contributed by atoms with Crippen molar-refractivity contribution in [1.82, 2.24) is 5.32 Å². The molecule has 2 heterocycles. The van der Waals surface area contributed by atoms with Crippen molar-refractivity contribution < 1.29 is 4.74 Å². The second-order valence-corrected chi connectivity index (χ2v) is 6.36. The summed E-state index contributed by atoms with van der Waals surface area (Å²) in [5.41, 5.74) is 1.96. The highest BCUT2D eigenvalue weighted by Crippen LogP contribution is 2.35. The van der Waals surface area contributed by atoms with E-state index in [1.165, 1.54) is 44.2 Å². The van der Waals surface area contributed by atoms with Crippen LogP contribution in [0.3, 0.4) is 0 Å². The lowest BCUT2D eigenvalue weighted by atomic mass is 9.75. The van der Waals surface area contributed by atoms with Crippen LogP contribution in [0.4, 0.5) is 0 Å². The average molecular weight is 251 g/mol. The molecular weight excluding hydrogens is 230 g/mol. The predicted molar refractivity (Wildman–Crippen MR) is 71.5 cm³/mol. The lowest BCUT2D eigenvalue weighted by Crippen LogP contribution is -2.41. The van der Waals surface area contributed by atoms with Crippen LogP contribution in [-0.2, 0) is 11.2 Å². The van der Waals surface area contributed by atoms with Crippen molar-refractivity contribution in [2.24, 2.45) is 5.41 Å². The Balaban J connectivity index is 1.65. The molecule has 2 nitrogen and oxygen atoms in total. The fourth-order valence-electron chi connectivity index (χ4n) is 2.70. The number of nitrogens with one attached hydrogen (secondary N) is 1. The quantitative estimate of drug-likeness (QED) is 0.869. The first-order chi connectivity index (χ1) is 8.36. The van der Waals surface area contributed by atoms with Crippen LogP contribution in [0.5, 0.6) is 0 Å². The fraction of sp³-hybridized carbons (Fsp3) is 0.714. The van der Waals surface area contributed by atoms with E-state index in [0.29, 0.717) is 5.41 Å². The highest BCUT2D eigenvalue weighted by Gasteiger charge is 2.34. The van der Waals surface area contributed by atoms with E-state index in [-0.39, 0.29) is 0 Å². The van der Waals surface area contributed by atoms with Gasteiger partial charge in [0.05, 0.1) is 0 Å². The zero-order chi connectivity index (χ0) is 11.6. The van der Waals surface area contributed by atoms with E-state index < -0.39 is 0 Å². The largest absolute Gasteiger partial charge is 0.381 e. The predicted octanol–water partition coefficient (Wildman–Crippen LogP) is 2.84. The van der Waals surface area contributed by atoms with Gasteiger partial charge >= 0.3 is 0 Å². The van der Waals surface area contributed by atoms with Crippen LogP contribution in [-0.4, -0.2) is 25.8 Å². The van der Waals surface area contributed by atoms with Crippen molar-refractivity contribution in [3.63, 3.8) is 0 Å². The van der Waals surface area contributed by atoms with Gasteiger partial charge in [0.1, 0.15) is 0 Å². The van der Waals surface area contributed by atoms with E-state index in [4.69, 9.17) is 4.74 Å². The minimum absolute atomic E-state index is 0.446. The topological polar surface area (TPSA) is 21.3 Å². The third-order valence-electron chi connectivity index (χ3n) is 4.06. The Morgan fingerprint density at radius 3 is 2.82 bits per heavy atom. The Kier molecular flexibility index (Phi) is 3.50. The Hall–Kier alpha value is -0.380. The number of hydrogen-bond donors (Lipinski definition) is 1. The number of rotatable bonds is 5. The standard InChI is InChI=1S/C14H21NOS/c1-2-13(1)15-11-14(4-6-16-7-5-14)9-12-3-8-17-10-12/h3,8,10,13,15H,1-2,4-7,9,11H2. The lowest BCUT2D eigenvalue weighted by Gasteiger charge is -2.37. The van der Waals surface area contributed by atoms with Crippen LogP contribution in [0.25, 0.3) is 0 Å². The summed E-state index contributed by atoms with van der Waals surface area (Å²) < 4.78 is 5.54. The first-order valence-electron chi connectivity index (χ1n) is 6.69. The van der Waals surface area contributed by atoms with Crippen molar-refractivity contribution in [2.75, 3.05) is 19.8 Å². The van der Waals surface area contributed by atoms with Crippen LogP contribution in [0, 0.1) is 5.41 Å². The van der Waals surface area contributed by atoms with E-state index in [2.05, 4.69) is 22.1 Å². The van der Waals surface area contributed by atoms with E-state index in [1.807, 2.05) is 11.3 Å². The average Bonchev–Trinajstić information content (AvgIpc) is 3.06. The maximum atomic E-state index is 5.54. The zero-order valence-corrected chi connectivity index (χ0v) is 11.1. The Morgan fingerprint density at radius 2 is 2.18 bits per heavy atom. The summed E-state index contributed by atoms with van der Waals surface area (Å²) in [6.07, 6.45) is 6.40. The maximum absolute atomic E-state index is 5.54. The molecule has 0 unspecified atom stereocenters. The van der Waals surface area contributed by atoms with Crippen molar-refractivity contribution >= 4 is 11.3 Å². The van der Waals surface area contributed by atoms with E-state index in [0.717, 1.165) is 19.3 Å². The maximum Gasteiger partial charge on any atom is 0.0471 e. The zero-order valence-electron chi connectivity index (χ0n) is 10.3. The van der Waals surface area contributed by atoms with E-state index >= 15 is 0 Å². The molecule has 3 heteroatoms. The van der Waals surface area contributed by atoms with Gasteiger partial charge in [0.15, 0.2) is 0 Å².